The second kappa shape index (κ2) is 10.4. The molecule has 1 heterocycles. The summed E-state index contributed by atoms with van der Waals surface area (Å²) in [6.07, 6.45) is 3.74. The van der Waals surface area contributed by atoms with E-state index < -0.39 is 17.2 Å². The molecule has 7 nitrogen and oxygen atoms in total. The molecule has 1 aromatic carbocycles. The number of amides is 2. The summed E-state index contributed by atoms with van der Waals surface area (Å²) in [6.45, 7) is 9.05. The second-order valence-electron chi connectivity index (χ2n) is 10.3. The summed E-state index contributed by atoms with van der Waals surface area (Å²) in [5.41, 5.74) is 6.18. The van der Waals surface area contributed by atoms with Crippen LogP contribution >= 0.6 is 11.6 Å². The highest BCUT2D eigenvalue weighted by atomic mass is 35.5. The highest BCUT2D eigenvalue weighted by Crippen LogP contribution is 2.34. The van der Waals surface area contributed by atoms with E-state index in [2.05, 4.69) is 0 Å². The van der Waals surface area contributed by atoms with E-state index in [4.69, 9.17) is 26.8 Å². The molecular formula is C25H38ClN3O4. The molecule has 2 fully saturated rings. The van der Waals surface area contributed by atoms with E-state index in [1.54, 1.807) is 18.1 Å². The number of hydrogen-bond acceptors (Lipinski definition) is 5. The number of methoxy groups -OCH3 is 1. The van der Waals surface area contributed by atoms with Gasteiger partial charge in [-0.15, -0.1) is 0 Å². The molecular weight excluding hydrogens is 442 g/mol. The molecule has 1 aliphatic heterocycles. The maximum atomic E-state index is 13.2. The van der Waals surface area contributed by atoms with Crippen molar-refractivity contribution < 1.29 is 19.1 Å². The molecule has 0 bridgehead atoms. The van der Waals surface area contributed by atoms with Gasteiger partial charge in [-0.05, 0) is 77.0 Å². The third-order valence-corrected chi connectivity index (χ3v) is 6.87. The van der Waals surface area contributed by atoms with E-state index in [9.17, 15) is 9.59 Å². The zero-order valence-corrected chi connectivity index (χ0v) is 21.2. The van der Waals surface area contributed by atoms with Crippen molar-refractivity contribution in [2.24, 2.45) is 11.8 Å². The average molecular weight is 480 g/mol. The van der Waals surface area contributed by atoms with Gasteiger partial charge < -0.3 is 20.1 Å². The Kier molecular flexibility index (Phi) is 8.04. The van der Waals surface area contributed by atoms with E-state index in [-0.39, 0.29) is 23.8 Å². The minimum atomic E-state index is -0.629. The number of ether oxygens (including phenoxy) is 2. The first-order chi connectivity index (χ1) is 15.5. The van der Waals surface area contributed by atoms with Crippen LogP contribution in [0.1, 0.15) is 58.9 Å². The Morgan fingerprint density at radius 2 is 1.85 bits per heavy atom. The number of halogens is 1. The number of nitrogens with zero attached hydrogens (tertiary/aromatic N) is 2. The smallest absolute Gasteiger partial charge is 0.411 e. The Balaban J connectivity index is 1.72. The molecule has 1 aromatic rings. The minimum Gasteiger partial charge on any atom is -0.495 e. The lowest BCUT2D eigenvalue weighted by Gasteiger charge is -2.41. The minimum absolute atomic E-state index is 0.129. The molecule has 2 atom stereocenters. The monoisotopic (exact) mass is 479 g/mol. The van der Waals surface area contributed by atoms with Crippen LogP contribution in [-0.4, -0.2) is 59.1 Å². The summed E-state index contributed by atoms with van der Waals surface area (Å²) < 4.78 is 11.1. The lowest BCUT2D eigenvalue weighted by atomic mass is 9.89. The van der Waals surface area contributed by atoms with E-state index in [0.29, 0.717) is 17.9 Å². The Morgan fingerprint density at radius 1 is 1.21 bits per heavy atom. The lowest BCUT2D eigenvalue weighted by molar-refractivity contribution is -0.134. The van der Waals surface area contributed by atoms with Crippen LogP contribution in [0, 0.1) is 11.8 Å². The predicted octanol–water partition coefficient (Wildman–Crippen LogP) is 4.66. The van der Waals surface area contributed by atoms with E-state index >= 15 is 0 Å². The molecule has 2 aliphatic rings. The van der Waals surface area contributed by atoms with Gasteiger partial charge in [0.15, 0.2) is 0 Å². The topological polar surface area (TPSA) is 85.1 Å². The van der Waals surface area contributed by atoms with Crippen molar-refractivity contribution in [1.29, 1.82) is 0 Å². The summed E-state index contributed by atoms with van der Waals surface area (Å²) >= 11 is 6.87. The normalized spacial score (nSPS) is 19.0. The highest BCUT2D eigenvalue weighted by molar-refractivity contribution is 6.21. The van der Waals surface area contributed by atoms with Crippen LogP contribution in [0.4, 0.5) is 10.5 Å². The van der Waals surface area contributed by atoms with E-state index in [1.807, 2.05) is 44.7 Å². The number of carbonyl (C=O) groups is 2. The number of anilines is 1. The first-order valence-electron chi connectivity index (χ1n) is 11.9. The van der Waals surface area contributed by atoms with Crippen molar-refractivity contribution in [1.82, 2.24) is 9.80 Å². The quantitative estimate of drug-likeness (QED) is 0.349. The van der Waals surface area contributed by atoms with Crippen LogP contribution in [0.3, 0.4) is 0 Å². The average Bonchev–Trinajstić information content (AvgIpc) is 3.59. The van der Waals surface area contributed by atoms with Crippen molar-refractivity contribution in [3.8, 4) is 5.75 Å². The van der Waals surface area contributed by atoms with Gasteiger partial charge in [0.25, 0.3) is 0 Å². The van der Waals surface area contributed by atoms with Crippen LogP contribution < -0.4 is 10.5 Å². The molecule has 1 aliphatic carbocycles. The largest absolute Gasteiger partial charge is 0.495 e. The van der Waals surface area contributed by atoms with Crippen molar-refractivity contribution in [3.05, 3.63) is 23.8 Å². The van der Waals surface area contributed by atoms with Gasteiger partial charge in [-0.3, -0.25) is 9.69 Å². The number of nitrogens with two attached hydrogens (primary N) is 1. The molecule has 2 N–H and O–H groups in total. The summed E-state index contributed by atoms with van der Waals surface area (Å²) in [4.78, 5) is 29.3. The Hall–Kier alpha value is -2.15. The van der Waals surface area contributed by atoms with Crippen LogP contribution in [0.2, 0.25) is 0 Å². The predicted molar refractivity (Wildman–Crippen MR) is 130 cm³/mol. The lowest BCUT2D eigenvalue weighted by Crippen LogP contribution is -2.52. The standard InChI is InChI=1S/C25H38ClN3O4/c1-16(18-10-12-28(13-11-18)23(30)19-7-8-19)29(24(31)33-25(2,3)4)22(26)15-17-6-9-20(27)21(14-17)32-5/h6,9,14,16,18-19,22H,7-8,10-13,15,27H2,1-5H3. The number of nitrogen functional groups attached to an aromatic ring is 1. The van der Waals surface area contributed by atoms with Crippen LogP contribution in [-0.2, 0) is 16.0 Å². The molecule has 2 unspecified atom stereocenters. The molecule has 0 aromatic heterocycles. The number of benzene rings is 1. The second-order valence-corrected chi connectivity index (χ2v) is 10.8. The third kappa shape index (κ3) is 6.69. The van der Waals surface area contributed by atoms with Gasteiger partial charge in [-0.1, -0.05) is 17.7 Å². The maximum Gasteiger partial charge on any atom is 0.411 e. The summed E-state index contributed by atoms with van der Waals surface area (Å²) in [5.74, 6) is 1.35. The zero-order chi connectivity index (χ0) is 24.3. The fourth-order valence-corrected chi connectivity index (χ4v) is 4.88. The van der Waals surface area contributed by atoms with E-state index in [0.717, 1.165) is 44.3 Å². The molecule has 1 saturated carbocycles. The van der Waals surface area contributed by atoms with Crippen molar-refractivity contribution >= 4 is 29.3 Å². The van der Waals surface area contributed by atoms with Crippen molar-refractivity contribution in [3.63, 3.8) is 0 Å². The Bertz CT molecular complexity index is 845. The fourth-order valence-electron chi connectivity index (χ4n) is 4.44. The van der Waals surface area contributed by atoms with Crippen LogP contribution in [0.15, 0.2) is 18.2 Å². The SMILES string of the molecule is COc1cc(CC(Cl)N(C(=O)OC(C)(C)C)C(C)C2CCN(C(=O)C3CC3)CC2)ccc1N. The molecule has 2 amide bonds. The van der Waals surface area contributed by atoms with Gasteiger partial charge in [-0.25, -0.2) is 4.79 Å². The van der Waals surface area contributed by atoms with E-state index in [1.165, 1.54) is 0 Å². The number of rotatable bonds is 7. The van der Waals surface area contributed by atoms with Crippen LogP contribution in [0.5, 0.6) is 5.75 Å². The molecule has 33 heavy (non-hydrogen) atoms. The molecule has 8 heteroatoms. The van der Waals surface area contributed by atoms with Gasteiger partial charge in [0, 0.05) is 31.5 Å². The highest BCUT2D eigenvalue weighted by Gasteiger charge is 2.39. The number of likely N-dealkylation sites (tertiary alicyclic amines) is 1. The molecule has 0 radical (unpaired) electrons. The Morgan fingerprint density at radius 3 is 2.39 bits per heavy atom. The van der Waals surface area contributed by atoms with Crippen LogP contribution in [0.25, 0.3) is 0 Å². The fraction of sp³-hybridized carbons (Fsp3) is 0.680. The number of hydrogen-bond donors (Lipinski definition) is 1. The van der Waals surface area contributed by atoms with Crippen molar-refractivity contribution in [2.45, 2.75) is 76.9 Å². The molecule has 3 rings (SSSR count). The van der Waals surface area contributed by atoms with Gasteiger partial charge in [0.05, 0.1) is 12.8 Å². The molecule has 184 valence electrons. The maximum absolute atomic E-state index is 13.2. The van der Waals surface area contributed by atoms with Gasteiger partial charge in [-0.2, -0.15) is 0 Å². The summed E-state index contributed by atoms with van der Waals surface area (Å²) in [6, 6.07) is 5.40. The van der Waals surface area contributed by atoms with Crippen molar-refractivity contribution in [2.75, 3.05) is 25.9 Å². The zero-order valence-electron chi connectivity index (χ0n) is 20.5. The van der Waals surface area contributed by atoms with Gasteiger partial charge in [0.1, 0.15) is 16.9 Å². The summed E-state index contributed by atoms with van der Waals surface area (Å²) in [5, 5.41) is 0. The number of piperidine rings is 1. The summed E-state index contributed by atoms with van der Waals surface area (Å²) in [7, 11) is 1.57. The first-order valence-corrected chi connectivity index (χ1v) is 12.3. The number of alkyl halides is 1. The molecule has 0 spiro atoms. The third-order valence-electron chi connectivity index (χ3n) is 6.51. The molecule has 1 saturated heterocycles. The number of carbonyl (C=O) groups excluding carboxylic acids is 2. The van der Waals surface area contributed by atoms with Gasteiger partial charge in [0.2, 0.25) is 5.91 Å². The first kappa shape index (κ1) is 25.5. The van der Waals surface area contributed by atoms with Gasteiger partial charge >= 0.3 is 6.09 Å². The Labute approximate surface area is 202 Å².